The molecule has 102 valence electrons. The van der Waals surface area contributed by atoms with Gasteiger partial charge in [0.1, 0.15) is 5.82 Å². The number of amides is 1. The third-order valence-electron chi connectivity index (χ3n) is 2.72. The summed E-state index contributed by atoms with van der Waals surface area (Å²) in [5.74, 6) is -0.152. The fourth-order valence-electron chi connectivity index (χ4n) is 1.47. The highest BCUT2D eigenvalue weighted by molar-refractivity contribution is 5.81. The van der Waals surface area contributed by atoms with E-state index in [-0.39, 0.29) is 24.2 Å². The molecule has 1 atom stereocenters. The number of imidazole rings is 1. The molecule has 0 unspecified atom stereocenters. The molecule has 5 nitrogen and oxygen atoms in total. The van der Waals surface area contributed by atoms with Gasteiger partial charge in [0.15, 0.2) is 0 Å². The van der Waals surface area contributed by atoms with Crippen LogP contribution in [0.4, 0.5) is 8.78 Å². The van der Waals surface area contributed by atoms with Gasteiger partial charge in [-0.2, -0.15) is 8.78 Å². The van der Waals surface area contributed by atoms with Gasteiger partial charge in [0.2, 0.25) is 5.91 Å². The van der Waals surface area contributed by atoms with Crippen LogP contribution in [0.1, 0.15) is 26.2 Å². The normalized spacial score (nSPS) is 13.1. The van der Waals surface area contributed by atoms with E-state index in [4.69, 9.17) is 5.73 Å². The number of nitrogens with zero attached hydrogens (tertiary/aromatic N) is 3. The number of rotatable bonds is 5. The van der Waals surface area contributed by atoms with Crippen LogP contribution in [-0.4, -0.2) is 33.4 Å². The molecule has 0 saturated carbocycles. The van der Waals surface area contributed by atoms with Gasteiger partial charge >= 0.3 is 6.55 Å². The molecule has 0 aliphatic rings. The second kappa shape index (κ2) is 5.90. The Bertz CT molecular complexity index is 406. The number of aromatic nitrogens is 2. The third-order valence-corrected chi connectivity index (χ3v) is 2.72. The van der Waals surface area contributed by atoms with Crippen LogP contribution < -0.4 is 5.73 Å². The second-order valence-corrected chi connectivity index (χ2v) is 4.49. The summed E-state index contributed by atoms with van der Waals surface area (Å²) in [4.78, 5) is 17.0. The fraction of sp³-hybridized carbons (Fsp3) is 0.636. The molecule has 1 aromatic rings. The molecule has 0 bridgehead atoms. The molecule has 2 N–H and O–H groups in total. The van der Waals surface area contributed by atoms with Crippen molar-refractivity contribution in [3.05, 3.63) is 18.2 Å². The number of alkyl halides is 2. The highest BCUT2D eigenvalue weighted by atomic mass is 19.3. The summed E-state index contributed by atoms with van der Waals surface area (Å²) < 4.78 is 25.9. The van der Waals surface area contributed by atoms with Gasteiger partial charge in [0.05, 0.1) is 12.6 Å². The molecule has 7 heteroatoms. The number of carbonyl (C=O) groups excluding carboxylic acids is 1. The maximum atomic E-state index is 12.6. The minimum absolute atomic E-state index is 0.00482. The van der Waals surface area contributed by atoms with Crippen molar-refractivity contribution in [2.24, 2.45) is 11.7 Å². The van der Waals surface area contributed by atoms with Crippen molar-refractivity contribution in [2.75, 3.05) is 7.05 Å². The predicted octanol–water partition coefficient (Wildman–Crippen LogP) is 1.22. The number of nitrogens with two attached hydrogens (primary N) is 1. The number of hydrogen-bond donors (Lipinski definition) is 1. The Kier molecular flexibility index (Phi) is 4.77. The first-order chi connectivity index (χ1) is 8.34. The van der Waals surface area contributed by atoms with Crippen LogP contribution in [0.5, 0.6) is 0 Å². The van der Waals surface area contributed by atoms with E-state index in [2.05, 4.69) is 4.98 Å². The molecule has 1 amide bonds. The van der Waals surface area contributed by atoms with Gasteiger partial charge in [-0.15, -0.1) is 0 Å². The van der Waals surface area contributed by atoms with Gasteiger partial charge in [-0.1, -0.05) is 13.8 Å². The van der Waals surface area contributed by atoms with E-state index in [1.807, 2.05) is 13.8 Å². The van der Waals surface area contributed by atoms with Crippen LogP contribution in [0, 0.1) is 5.92 Å². The Morgan fingerprint density at radius 3 is 2.67 bits per heavy atom. The van der Waals surface area contributed by atoms with Gasteiger partial charge < -0.3 is 10.6 Å². The van der Waals surface area contributed by atoms with E-state index in [9.17, 15) is 13.6 Å². The molecular weight excluding hydrogens is 242 g/mol. The van der Waals surface area contributed by atoms with Crippen molar-refractivity contribution in [1.82, 2.24) is 14.5 Å². The van der Waals surface area contributed by atoms with Gasteiger partial charge in [-0.05, 0) is 5.92 Å². The van der Waals surface area contributed by atoms with Crippen molar-refractivity contribution >= 4 is 5.91 Å². The molecular formula is C11H18F2N4O. The van der Waals surface area contributed by atoms with E-state index in [0.29, 0.717) is 0 Å². The summed E-state index contributed by atoms with van der Waals surface area (Å²) in [6, 6.07) is -0.634. The van der Waals surface area contributed by atoms with Gasteiger partial charge in [-0.25, -0.2) is 4.98 Å². The standard InChI is InChI=1S/C11H18F2N4O/c1-7(2)9(14)10(18)16(3)6-8-15-4-5-17(8)11(12)13/h4-5,7,9,11H,6,14H2,1-3H3/t9-/m0/s1. The van der Waals surface area contributed by atoms with Crippen molar-refractivity contribution in [2.45, 2.75) is 33.0 Å². The molecule has 18 heavy (non-hydrogen) atoms. The van der Waals surface area contributed by atoms with Crippen molar-refractivity contribution in [3.63, 3.8) is 0 Å². The molecule has 1 aromatic heterocycles. The summed E-state index contributed by atoms with van der Waals surface area (Å²) in [5, 5.41) is 0. The average Bonchev–Trinajstić information content (AvgIpc) is 2.74. The minimum atomic E-state index is -2.66. The van der Waals surface area contributed by atoms with Gasteiger partial charge in [-0.3, -0.25) is 9.36 Å². The van der Waals surface area contributed by atoms with E-state index in [1.54, 1.807) is 0 Å². The number of halogens is 2. The first kappa shape index (κ1) is 14.6. The smallest absolute Gasteiger partial charge is 0.319 e. The summed E-state index contributed by atoms with van der Waals surface area (Å²) in [5.41, 5.74) is 5.72. The zero-order chi connectivity index (χ0) is 13.9. The zero-order valence-electron chi connectivity index (χ0n) is 10.7. The Hall–Kier alpha value is -1.50. The number of carbonyl (C=O) groups is 1. The largest absolute Gasteiger partial charge is 0.337 e. The first-order valence-corrected chi connectivity index (χ1v) is 5.65. The maximum Gasteiger partial charge on any atom is 0.319 e. The van der Waals surface area contributed by atoms with E-state index in [1.165, 1.54) is 24.3 Å². The number of likely N-dealkylation sites (N-methyl/N-ethyl adjacent to an activating group) is 1. The molecule has 0 spiro atoms. The topological polar surface area (TPSA) is 64.2 Å². The number of hydrogen-bond acceptors (Lipinski definition) is 3. The van der Waals surface area contributed by atoms with Crippen LogP contribution in [0.25, 0.3) is 0 Å². The summed E-state index contributed by atoms with van der Waals surface area (Å²) >= 11 is 0. The van der Waals surface area contributed by atoms with Crippen LogP contribution in [-0.2, 0) is 11.3 Å². The van der Waals surface area contributed by atoms with Crippen LogP contribution in [0.2, 0.25) is 0 Å². The van der Waals surface area contributed by atoms with Crippen LogP contribution in [0.3, 0.4) is 0 Å². The maximum absolute atomic E-state index is 12.6. The molecule has 0 aromatic carbocycles. The van der Waals surface area contributed by atoms with Crippen LogP contribution >= 0.6 is 0 Å². The fourth-order valence-corrected chi connectivity index (χ4v) is 1.47. The van der Waals surface area contributed by atoms with Crippen molar-refractivity contribution in [1.29, 1.82) is 0 Å². The lowest BCUT2D eigenvalue weighted by atomic mass is 10.0. The van der Waals surface area contributed by atoms with E-state index >= 15 is 0 Å². The lowest BCUT2D eigenvalue weighted by molar-refractivity contribution is -0.133. The lowest BCUT2D eigenvalue weighted by Gasteiger charge is -2.23. The molecule has 1 heterocycles. The minimum Gasteiger partial charge on any atom is -0.337 e. The molecule has 1 rings (SSSR count). The lowest BCUT2D eigenvalue weighted by Crippen LogP contribution is -2.44. The highest BCUT2D eigenvalue weighted by Gasteiger charge is 2.22. The summed E-state index contributed by atoms with van der Waals surface area (Å²) in [7, 11) is 1.52. The summed E-state index contributed by atoms with van der Waals surface area (Å²) in [6.07, 6.45) is 2.46. The highest BCUT2D eigenvalue weighted by Crippen LogP contribution is 2.14. The van der Waals surface area contributed by atoms with Crippen molar-refractivity contribution < 1.29 is 13.6 Å². The monoisotopic (exact) mass is 260 g/mol. The zero-order valence-corrected chi connectivity index (χ0v) is 10.7. The van der Waals surface area contributed by atoms with Gasteiger partial charge in [0.25, 0.3) is 0 Å². The Morgan fingerprint density at radius 2 is 2.17 bits per heavy atom. The third kappa shape index (κ3) is 3.25. The molecule has 0 fully saturated rings. The van der Waals surface area contributed by atoms with E-state index in [0.717, 1.165) is 4.57 Å². The average molecular weight is 260 g/mol. The summed E-state index contributed by atoms with van der Waals surface area (Å²) in [6.45, 7) is 1.01. The molecule has 0 aliphatic heterocycles. The second-order valence-electron chi connectivity index (χ2n) is 4.49. The van der Waals surface area contributed by atoms with Gasteiger partial charge in [0, 0.05) is 19.4 Å². The molecule has 0 radical (unpaired) electrons. The first-order valence-electron chi connectivity index (χ1n) is 5.65. The Labute approximate surface area is 105 Å². The predicted molar refractivity (Wildman–Crippen MR) is 62.8 cm³/mol. The Morgan fingerprint density at radius 1 is 1.56 bits per heavy atom. The van der Waals surface area contributed by atoms with E-state index < -0.39 is 12.6 Å². The SMILES string of the molecule is CC(C)[C@H](N)C(=O)N(C)Cc1nccn1C(F)F. The quantitative estimate of drug-likeness (QED) is 0.865. The van der Waals surface area contributed by atoms with Crippen molar-refractivity contribution in [3.8, 4) is 0 Å². The van der Waals surface area contributed by atoms with Crippen LogP contribution in [0.15, 0.2) is 12.4 Å². The Balaban J connectivity index is 2.72. The molecule has 0 aliphatic carbocycles. The molecule has 0 saturated heterocycles.